The van der Waals surface area contributed by atoms with Gasteiger partial charge in [-0.3, -0.25) is 4.90 Å². The predicted molar refractivity (Wildman–Crippen MR) is 85.6 cm³/mol. The lowest BCUT2D eigenvalue weighted by atomic mass is 9.69. The highest BCUT2D eigenvalue weighted by Crippen LogP contribution is 2.39. The van der Waals surface area contributed by atoms with Gasteiger partial charge in [-0.2, -0.15) is 0 Å². The van der Waals surface area contributed by atoms with E-state index in [0.29, 0.717) is 23.5 Å². The number of hydrogen-bond donors (Lipinski definition) is 1. The Kier molecular flexibility index (Phi) is 6.32. The second kappa shape index (κ2) is 7.08. The smallest absolute Gasteiger partial charge is 0.0251 e. The number of likely N-dealkylation sites (N-methyl/N-ethyl adjacent to an activating group) is 1. The zero-order valence-electron chi connectivity index (χ0n) is 14.3. The topological polar surface area (TPSA) is 15.3 Å². The lowest BCUT2D eigenvalue weighted by Gasteiger charge is -2.46. The van der Waals surface area contributed by atoms with Crippen molar-refractivity contribution < 1.29 is 0 Å². The Morgan fingerprint density at radius 1 is 1.21 bits per heavy atom. The minimum atomic E-state index is 0.450. The molecule has 0 radical (unpaired) electrons. The highest BCUT2D eigenvalue weighted by Gasteiger charge is 2.37. The van der Waals surface area contributed by atoms with Crippen molar-refractivity contribution in [3.05, 3.63) is 0 Å². The molecule has 1 saturated carbocycles. The standard InChI is InChI=1S/C17H36N2/c1-8-11-18-15-10-9-14(17(4,5)6)12-16(15)19(7)13(2)3/h13-16,18H,8-12H2,1-7H3. The van der Waals surface area contributed by atoms with Crippen LogP contribution < -0.4 is 5.32 Å². The summed E-state index contributed by atoms with van der Waals surface area (Å²) in [4.78, 5) is 2.59. The lowest BCUT2D eigenvalue weighted by molar-refractivity contribution is 0.0573. The number of nitrogens with zero attached hydrogens (tertiary/aromatic N) is 1. The minimum absolute atomic E-state index is 0.450. The summed E-state index contributed by atoms with van der Waals surface area (Å²) in [7, 11) is 2.31. The maximum Gasteiger partial charge on any atom is 0.0251 e. The average Bonchev–Trinajstić information content (AvgIpc) is 2.33. The van der Waals surface area contributed by atoms with Crippen molar-refractivity contribution in [1.82, 2.24) is 10.2 Å². The van der Waals surface area contributed by atoms with Crippen molar-refractivity contribution in [2.24, 2.45) is 11.3 Å². The van der Waals surface area contributed by atoms with Crippen LogP contribution in [0.5, 0.6) is 0 Å². The van der Waals surface area contributed by atoms with Gasteiger partial charge >= 0.3 is 0 Å². The van der Waals surface area contributed by atoms with E-state index < -0.39 is 0 Å². The van der Waals surface area contributed by atoms with Crippen molar-refractivity contribution in [2.45, 2.75) is 85.4 Å². The third-order valence-corrected chi connectivity index (χ3v) is 5.04. The highest BCUT2D eigenvalue weighted by atomic mass is 15.2. The summed E-state index contributed by atoms with van der Waals surface area (Å²) in [6.07, 6.45) is 5.30. The molecule has 1 rings (SSSR count). The van der Waals surface area contributed by atoms with Crippen LogP contribution in [-0.2, 0) is 0 Å². The molecule has 0 aliphatic heterocycles. The normalized spacial score (nSPS) is 29.2. The molecule has 0 aromatic rings. The molecule has 3 unspecified atom stereocenters. The molecule has 3 atom stereocenters. The predicted octanol–water partition coefficient (Wildman–Crippen LogP) is 3.91. The molecule has 0 saturated heterocycles. The van der Waals surface area contributed by atoms with E-state index in [1.807, 2.05) is 0 Å². The summed E-state index contributed by atoms with van der Waals surface area (Å²) in [6.45, 7) is 15.3. The molecule has 1 N–H and O–H groups in total. The molecule has 0 spiro atoms. The molecule has 0 aromatic carbocycles. The number of hydrogen-bond acceptors (Lipinski definition) is 2. The minimum Gasteiger partial charge on any atom is -0.312 e. The Morgan fingerprint density at radius 3 is 2.32 bits per heavy atom. The van der Waals surface area contributed by atoms with Crippen molar-refractivity contribution in [1.29, 1.82) is 0 Å². The van der Waals surface area contributed by atoms with Crippen molar-refractivity contribution in [2.75, 3.05) is 13.6 Å². The van der Waals surface area contributed by atoms with Gasteiger partial charge in [-0.05, 0) is 64.5 Å². The van der Waals surface area contributed by atoms with E-state index in [0.717, 1.165) is 12.5 Å². The summed E-state index contributed by atoms with van der Waals surface area (Å²) in [5, 5.41) is 3.79. The van der Waals surface area contributed by atoms with E-state index in [4.69, 9.17) is 0 Å². The molecule has 1 fully saturated rings. The van der Waals surface area contributed by atoms with Gasteiger partial charge in [-0.1, -0.05) is 27.7 Å². The Balaban J connectivity index is 2.74. The van der Waals surface area contributed by atoms with E-state index in [9.17, 15) is 0 Å². The summed E-state index contributed by atoms with van der Waals surface area (Å²) >= 11 is 0. The number of rotatable bonds is 5. The Morgan fingerprint density at radius 2 is 1.84 bits per heavy atom. The van der Waals surface area contributed by atoms with E-state index in [-0.39, 0.29) is 0 Å². The van der Waals surface area contributed by atoms with E-state index in [1.165, 1.54) is 25.7 Å². The average molecular weight is 268 g/mol. The fourth-order valence-electron chi connectivity index (χ4n) is 3.33. The first-order chi connectivity index (χ1) is 8.77. The van der Waals surface area contributed by atoms with Gasteiger partial charge in [0.15, 0.2) is 0 Å². The van der Waals surface area contributed by atoms with E-state index >= 15 is 0 Å². The monoisotopic (exact) mass is 268 g/mol. The Hall–Kier alpha value is -0.0800. The van der Waals surface area contributed by atoms with Crippen LogP contribution in [0.4, 0.5) is 0 Å². The van der Waals surface area contributed by atoms with Gasteiger partial charge < -0.3 is 5.32 Å². The number of nitrogens with one attached hydrogen (secondary N) is 1. The maximum atomic E-state index is 3.79. The van der Waals surface area contributed by atoms with Crippen LogP contribution in [0.1, 0.15) is 67.2 Å². The molecule has 2 heteroatoms. The van der Waals surface area contributed by atoms with E-state index in [1.54, 1.807) is 0 Å². The zero-order valence-corrected chi connectivity index (χ0v) is 14.3. The van der Waals surface area contributed by atoms with Gasteiger partial charge in [0.05, 0.1) is 0 Å². The molecular weight excluding hydrogens is 232 g/mol. The second-order valence-corrected chi connectivity index (χ2v) is 7.76. The van der Waals surface area contributed by atoms with Gasteiger partial charge in [0, 0.05) is 18.1 Å². The zero-order chi connectivity index (χ0) is 14.6. The van der Waals surface area contributed by atoms with Crippen LogP contribution in [0.15, 0.2) is 0 Å². The third kappa shape index (κ3) is 4.75. The summed E-state index contributed by atoms with van der Waals surface area (Å²) in [5.41, 5.74) is 0.450. The maximum absolute atomic E-state index is 3.79. The first-order valence-electron chi connectivity index (χ1n) is 8.22. The van der Waals surface area contributed by atoms with Crippen LogP contribution in [0.25, 0.3) is 0 Å². The fourth-order valence-corrected chi connectivity index (χ4v) is 3.33. The van der Waals surface area contributed by atoms with Crippen molar-refractivity contribution >= 4 is 0 Å². The molecule has 0 aromatic heterocycles. The molecule has 2 nitrogen and oxygen atoms in total. The lowest BCUT2D eigenvalue weighted by Crippen LogP contribution is -2.55. The molecular formula is C17H36N2. The van der Waals surface area contributed by atoms with Gasteiger partial charge in [0.1, 0.15) is 0 Å². The first-order valence-corrected chi connectivity index (χ1v) is 8.22. The fraction of sp³-hybridized carbons (Fsp3) is 1.00. The third-order valence-electron chi connectivity index (χ3n) is 5.04. The van der Waals surface area contributed by atoms with Gasteiger partial charge in [0.2, 0.25) is 0 Å². The van der Waals surface area contributed by atoms with Crippen LogP contribution in [-0.4, -0.2) is 36.6 Å². The molecule has 1 aliphatic rings. The summed E-state index contributed by atoms with van der Waals surface area (Å²) < 4.78 is 0. The second-order valence-electron chi connectivity index (χ2n) is 7.76. The molecule has 1 aliphatic carbocycles. The summed E-state index contributed by atoms with van der Waals surface area (Å²) in [5.74, 6) is 0.860. The summed E-state index contributed by atoms with van der Waals surface area (Å²) in [6, 6.07) is 2.02. The van der Waals surface area contributed by atoms with Gasteiger partial charge in [-0.15, -0.1) is 0 Å². The van der Waals surface area contributed by atoms with Gasteiger partial charge in [-0.25, -0.2) is 0 Å². The molecule has 19 heavy (non-hydrogen) atoms. The van der Waals surface area contributed by atoms with Crippen LogP contribution >= 0.6 is 0 Å². The van der Waals surface area contributed by atoms with Crippen molar-refractivity contribution in [3.63, 3.8) is 0 Å². The SMILES string of the molecule is CCCNC1CCC(C(C)(C)C)CC1N(C)C(C)C. The largest absolute Gasteiger partial charge is 0.312 e. The van der Waals surface area contributed by atoms with Crippen LogP contribution in [0.2, 0.25) is 0 Å². The quantitative estimate of drug-likeness (QED) is 0.813. The highest BCUT2D eigenvalue weighted by molar-refractivity contribution is 4.94. The molecule has 0 amide bonds. The Labute approximate surface area is 121 Å². The molecule has 0 bridgehead atoms. The van der Waals surface area contributed by atoms with Crippen LogP contribution in [0, 0.1) is 11.3 Å². The molecule has 114 valence electrons. The molecule has 0 heterocycles. The first kappa shape index (κ1) is 17.0. The van der Waals surface area contributed by atoms with Crippen LogP contribution in [0.3, 0.4) is 0 Å². The van der Waals surface area contributed by atoms with Crippen molar-refractivity contribution in [3.8, 4) is 0 Å². The van der Waals surface area contributed by atoms with E-state index in [2.05, 4.69) is 58.8 Å². The van der Waals surface area contributed by atoms with Gasteiger partial charge in [0.25, 0.3) is 0 Å². The Bertz CT molecular complexity index is 254.